The standard InChI is InChI=1S/C32H45N7O3/c1-31(2,3)42-30(40)39-18-17-38(20-25(39)11-15-33)28-26-12-16-37(19-24-9-7-6-8-10-24)21-27(26)34-29(35-28)41-23-32(13-14-32)22-36(4)5/h6-10,25H,11-14,16-23H2,1-5H3/t25-/m0/s1. The third-order valence-corrected chi connectivity index (χ3v) is 8.20. The summed E-state index contributed by atoms with van der Waals surface area (Å²) in [7, 11) is 4.20. The number of fused-ring (bicyclic) bond motifs is 1. The second kappa shape index (κ2) is 12.4. The fourth-order valence-electron chi connectivity index (χ4n) is 6.05. The SMILES string of the molecule is CN(C)CC1(COc2nc3c(c(N4CCN(C(=O)OC(C)(C)C)[C@@H](CC#N)C4)n2)CCN(Cc2ccccc2)C3)CC1. The molecule has 3 heterocycles. The molecule has 1 amide bonds. The molecule has 2 aliphatic heterocycles. The van der Waals surface area contributed by atoms with Crippen LogP contribution in [0.25, 0.3) is 0 Å². The van der Waals surface area contributed by atoms with Crippen molar-refractivity contribution in [3.05, 3.63) is 47.2 Å². The number of rotatable bonds is 9. The summed E-state index contributed by atoms with van der Waals surface area (Å²) >= 11 is 0. The summed E-state index contributed by atoms with van der Waals surface area (Å²) in [6.45, 7) is 11.2. The molecule has 0 bridgehead atoms. The second-order valence-electron chi connectivity index (χ2n) is 13.4. The molecule has 2 fully saturated rings. The highest BCUT2D eigenvalue weighted by molar-refractivity contribution is 5.69. The van der Waals surface area contributed by atoms with Crippen molar-refractivity contribution in [2.24, 2.45) is 5.41 Å². The molecule has 1 saturated carbocycles. The van der Waals surface area contributed by atoms with Crippen LogP contribution in [-0.4, -0.2) is 95.8 Å². The molecule has 226 valence electrons. The van der Waals surface area contributed by atoms with E-state index < -0.39 is 5.60 Å². The highest BCUT2D eigenvalue weighted by Gasteiger charge is 2.44. The smallest absolute Gasteiger partial charge is 0.410 e. The topological polar surface area (TPSA) is 98.1 Å². The number of hydrogen-bond donors (Lipinski definition) is 0. The van der Waals surface area contributed by atoms with E-state index >= 15 is 0 Å². The van der Waals surface area contributed by atoms with Gasteiger partial charge in [0.1, 0.15) is 11.4 Å². The number of benzene rings is 1. The molecule has 0 N–H and O–H groups in total. The van der Waals surface area contributed by atoms with E-state index in [0.717, 1.165) is 62.5 Å². The van der Waals surface area contributed by atoms with Crippen LogP contribution < -0.4 is 9.64 Å². The molecule has 5 rings (SSSR count). The first-order chi connectivity index (χ1) is 20.0. The number of piperazine rings is 1. The van der Waals surface area contributed by atoms with Gasteiger partial charge in [-0.3, -0.25) is 4.90 Å². The number of carbonyl (C=O) groups excluding carboxylic acids is 1. The van der Waals surface area contributed by atoms with Gasteiger partial charge in [-0.2, -0.15) is 15.2 Å². The van der Waals surface area contributed by atoms with Crippen LogP contribution in [0.4, 0.5) is 10.6 Å². The Morgan fingerprint density at radius 3 is 2.57 bits per heavy atom. The average Bonchev–Trinajstić information content (AvgIpc) is 3.69. The molecule has 10 nitrogen and oxygen atoms in total. The summed E-state index contributed by atoms with van der Waals surface area (Å²) in [5.41, 5.74) is 2.99. The molecular formula is C32H45N7O3. The van der Waals surface area contributed by atoms with Crippen LogP contribution in [0.15, 0.2) is 30.3 Å². The van der Waals surface area contributed by atoms with Gasteiger partial charge in [0.15, 0.2) is 0 Å². The van der Waals surface area contributed by atoms with E-state index in [9.17, 15) is 10.1 Å². The number of hydrogen-bond acceptors (Lipinski definition) is 9. The van der Waals surface area contributed by atoms with E-state index in [1.807, 2.05) is 26.8 Å². The monoisotopic (exact) mass is 575 g/mol. The van der Waals surface area contributed by atoms with Gasteiger partial charge in [-0.15, -0.1) is 0 Å². The van der Waals surface area contributed by atoms with Gasteiger partial charge in [0.25, 0.3) is 0 Å². The van der Waals surface area contributed by atoms with Gasteiger partial charge in [-0.25, -0.2) is 4.79 Å². The fraction of sp³-hybridized carbons (Fsp3) is 0.625. The van der Waals surface area contributed by atoms with Gasteiger partial charge < -0.3 is 24.2 Å². The van der Waals surface area contributed by atoms with Crippen LogP contribution in [0.3, 0.4) is 0 Å². The zero-order chi connectivity index (χ0) is 29.9. The summed E-state index contributed by atoms with van der Waals surface area (Å²) in [6.07, 6.45) is 2.98. The lowest BCUT2D eigenvalue weighted by Crippen LogP contribution is -2.56. The largest absolute Gasteiger partial charge is 0.463 e. The maximum Gasteiger partial charge on any atom is 0.410 e. The summed E-state index contributed by atoms with van der Waals surface area (Å²) in [6, 6.07) is 12.9. The number of amides is 1. The van der Waals surface area contributed by atoms with Crippen molar-refractivity contribution in [1.82, 2.24) is 24.7 Å². The van der Waals surface area contributed by atoms with Gasteiger partial charge >= 0.3 is 12.1 Å². The molecule has 0 spiro atoms. The highest BCUT2D eigenvalue weighted by Crippen LogP contribution is 2.46. The number of aromatic nitrogens is 2. The van der Waals surface area contributed by atoms with Gasteiger partial charge in [0.05, 0.1) is 30.8 Å². The van der Waals surface area contributed by atoms with Crippen molar-refractivity contribution in [1.29, 1.82) is 5.26 Å². The summed E-state index contributed by atoms with van der Waals surface area (Å²) in [4.78, 5) is 31.5. The minimum absolute atomic E-state index is 0.166. The van der Waals surface area contributed by atoms with Crippen molar-refractivity contribution >= 4 is 11.9 Å². The van der Waals surface area contributed by atoms with Crippen LogP contribution in [0.1, 0.15) is 56.9 Å². The summed E-state index contributed by atoms with van der Waals surface area (Å²) in [5, 5.41) is 9.61. The third-order valence-electron chi connectivity index (χ3n) is 8.20. The Labute approximate surface area is 250 Å². The highest BCUT2D eigenvalue weighted by atomic mass is 16.6. The maximum atomic E-state index is 13.0. The fourth-order valence-corrected chi connectivity index (χ4v) is 6.05. The molecule has 1 atom stereocenters. The Morgan fingerprint density at radius 2 is 1.90 bits per heavy atom. The van der Waals surface area contributed by atoms with E-state index in [1.54, 1.807) is 4.90 Å². The molecule has 0 unspecified atom stereocenters. The van der Waals surface area contributed by atoms with Crippen molar-refractivity contribution in [3.63, 3.8) is 0 Å². The lowest BCUT2D eigenvalue weighted by Gasteiger charge is -2.42. The molecule has 3 aliphatic rings. The van der Waals surface area contributed by atoms with Crippen LogP contribution in [0.2, 0.25) is 0 Å². The van der Waals surface area contributed by atoms with E-state index in [1.165, 1.54) is 5.56 Å². The Morgan fingerprint density at radius 1 is 1.14 bits per heavy atom. The number of ether oxygens (including phenoxy) is 2. The Balaban J connectivity index is 1.39. The normalized spacial score (nSPS) is 20.2. The van der Waals surface area contributed by atoms with Gasteiger partial charge in [-0.05, 0) is 59.7 Å². The zero-order valence-corrected chi connectivity index (χ0v) is 25.8. The molecule has 1 aromatic carbocycles. The minimum atomic E-state index is -0.597. The first kappa shape index (κ1) is 30.1. The van der Waals surface area contributed by atoms with Crippen LogP contribution >= 0.6 is 0 Å². The summed E-state index contributed by atoms with van der Waals surface area (Å²) in [5.74, 6) is 0.874. The lowest BCUT2D eigenvalue weighted by atomic mass is 10.0. The first-order valence-corrected chi connectivity index (χ1v) is 15.1. The molecule has 0 radical (unpaired) electrons. The van der Waals surface area contributed by atoms with Gasteiger partial charge in [0.2, 0.25) is 0 Å². The molecule has 1 aromatic heterocycles. The first-order valence-electron chi connectivity index (χ1n) is 15.1. The lowest BCUT2D eigenvalue weighted by molar-refractivity contribution is 0.0144. The van der Waals surface area contributed by atoms with E-state index in [4.69, 9.17) is 19.4 Å². The minimum Gasteiger partial charge on any atom is -0.463 e. The van der Waals surface area contributed by atoms with Crippen molar-refractivity contribution in [2.45, 2.75) is 71.2 Å². The molecule has 10 heteroatoms. The number of nitrogens with zero attached hydrogens (tertiary/aromatic N) is 7. The van der Waals surface area contributed by atoms with Crippen LogP contribution in [0, 0.1) is 16.7 Å². The molecule has 1 saturated heterocycles. The average molecular weight is 576 g/mol. The number of nitriles is 1. The second-order valence-corrected chi connectivity index (χ2v) is 13.4. The maximum absolute atomic E-state index is 13.0. The zero-order valence-electron chi connectivity index (χ0n) is 25.8. The molecule has 42 heavy (non-hydrogen) atoms. The molecule has 1 aliphatic carbocycles. The van der Waals surface area contributed by atoms with Crippen molar-refractivity contribution < 1.29 is 14.3 Å². The van der Waals surface area contributed by atoms with Gasteiger partial charge in [-0.1, -0.05) is 30.3 Å². The van der Waals surface area contributed by atoms with E-state index in [2.05, 4.69) is 59.1 Å². The van der Waals surface area contributed by atoms with Gasteiger partial charge in [0, 0.05) is 56.8 Å². The Kier molecular flexibility index (Phi) is 8.90. The molecule has 2 aromatic rings. The summed E-state index contributed by atoms with van der Waals surface area (Å²) < 4.78 is 12.0. The molecular weight excluding hydrogens is 530 g/mol. The number of anilines is 1. The van der Waals surface area contributed by atoms with E-state index in [-0.39, 0.29) is 24.0 Å². The predicted octanol–water partition coefficient (Wildman–Crippen LogP) is 4.09. The van der Waals surface area contributed by atoms with Crippen LogP contribution in [-0.2, 0) is 24.2 Å². The quantitative estimate of drug-likeness (QED) is 0.438. The van der Waals surface area contributed by atoms with E-state index in [0.29, 0.717) is 32.3 Å². The third kappa shape index (κ3) is 7.50. The predicted molar refractivity (Wildman–Crippen MR) is 161 cm³/mol. The van der Waals surface area contributed by atoms with Crippen molar-refractivity contribution in [2.75, 3.05) is 58.3 Å². The Hall–Kier alpha value is -3.42. The number of carbonyl (C=O) groups is 1. The Bertz CT molecular complexity index is 1280. The van der Waals surface area contributed by atoms with Crippen molar-refractivity contribution in [3.8, 4) is 12.1 Å². The van der Waals surface area contributed by atoms with Crippen LogP contribution in [0.5, 0.6) is 6.01 Å².